The Morgan fingerprint density at radius 1 is 0.429 bits per heavy atom. The first kappa shape index (κ1) is 23.1. The Labute approximate surface area is 243 Å². The Kier molecular flexibility index (Phi) is 4.93. The van der Waals surface area contributed by atoms with Crippen molar-refractivity contribution in [2.75, 3.05) is 0 Å². The van der Waals surface area contributed by atoms with Gasteiger partial charge in [-0.1, -0.05) is 115 Å². The smallest absolute Gasteiger partial charge is 0.135 e. The Morgan fingerprint density at radius 3 is 2.02 bits per heavy atom. The zero-order valence-electron chi connectivity index (χ0n) is 22.8. The molecule has 9 rings (SSSR count). The summed E-state index contributed by atoms with van der Waals surface area (Å²) in [4.78, 5) is 0. The summed E-state index contributed by atoms with van der Waals surface area (Å²) >= 11 is 0. The maximum atomic E-state index is 6.41. The highest BCUT2D eigenvalue weighted by molar-refractivity contribution is 6.14. The van der Waals surface area contributed by atoms with Crippen molar-refractivity contribution in [2.45, 2.75) is 0 Å². The SMILES string of the molecule is c1ccc(-n2c3ccccc3c3cccc(-c4ccccc4-c4ccc5c(c4)-c4cccc6cccc(c46)O5)c32)cc1. The molecule has 7 aromatic carbocycles. The molecule has 0 fully saturated rings. The van der Waals surface area contributed by atoms with Crippen LogP contribution in [0.2, 0.25) is 0 Å². The molecule has 0 saturated heterocycles. The third-order valence-corrected chi connectivity index (χ3v) is 8.59. The molecule has 0 aliphatic carbocycles. The standard InChI is InChI=1S/C40H25NO/c1-2-13-28(14-3-1)41-36-21-7-6-17-31(36)34-20-10-19-33(40(34)41)30-16-5-4-15-29(30)27-23-24-37-35(25-27)32-18-8-11-26-12-9-22-38(42-37)39(26)32/h1-25H. The van der Waals surface area contributed by atoms with Gasteiger partial charge in [-0.2, -0.15) is 0 Å². The van der Waals surface area contributed by atoms with Crippen molar-refractivity contribution in [2.24, 2.45) is 0 Å². The van der Waals surface area contributed by atoms with Crippen molar-refractivity contribution in [1.82, 2.24) is 4.57 Å². The number of nitrogens with zero attached hydrogens (tertiary/aromatic N) is 1. The highest BCUT2D eigenvalue weighted by Gasteiger charge is 2.22. The third kappa shape index (κ3) is 3.33. The van der Waals surface area contributed by atoms with Crippen LogP contribution in [0.1, 0.15) is 0 Å². The molecular weight excluding hydrogens is 510 g/mol. The van der Waals surface area contributed by atoms with Gasteiger partial charge in [0.05, 0.1) is 11.0 Å². The van der Waals surface area contributed by atoms with Crippen LogP contribution >= 0.6 is 0 Å². The van der Waals surface area contributed by atoms with Crippen LogP contribution in [0.3, 0.4) is 0 Å². The molecule has 1 aromatic heterocycles. The normalized spacial score (nSPS) is 12.0. The molecule has 0 N–H and O–H groups in total. The highest BCUT2D eigenvalue weighted by atomic mass is 16.5. The summed E-state index contributed by atoms with van der Waals surface area (Å²) in [5, 5.41) is 4.88. The minimum Gasteiger partial charge on any atom is -0.456 e. The summed E-state index contributed by atoms with van der Waals surface area (Å²) in [6.45, 7) is 0. The lowest BCUT2D eigenvalue weighted by Crippen LogP contribution is -1.98. The van der Waals surface area contributed by atoms with E-state index in [4.69, 9.17) is 4.74 Å². The maximum absolute atomic E-state index is 6.41. The van der Waals surface area contributed by atoms with Gasteiger partial charge in [-0.15, -0.1) is 0 Å². The van der Waals surface area contributed by atoms with Crippen LogP contribution in [-0.2, 0) is 0 Å². The fourth-order valence-electron chi connectivity index (χ4n) is 6.78. The van der Waals surface area contributed by atoms with Gasteiger partial charge in [0, 0.05) is 33.0 Å². The Hall–Kier alpha value is -5.60. The number of aromatic nitrogens is 1. The molecule has 1 aliphatic heterocycles. The number of ether oxygens (including phenoxy) is 1. The van der Waals surface area contributed by atoms with Gasteiger partial charge in [0.25, 0.3) is 0 Å². The first-order valence-corrected chi connectivity index (χ1v) is 14.4. The first-order chi connectivity index (χ1) is 20.8. The van der Waals surface area contributed by atoms with E-state index in [1.807, 2.05) is 0 Å². The largest absolute Gasteiger partial charge is 0.456 e. The lowest BCUT2D eigenvalue weighted by atomic mass is 9.89. The second-order valence-corrected chi connectivity index (χ2v) is 10.9. The second kappa shape index (κ2) is 8.95. The molecule has 2 nitrogen and oxygen atoms in total. The van der Waals surface area contributed by atoms with Crippen molar-refractivity contribution in [3.05, 3.63) is 152 Å². The van der Waals surface area contributed by atoms with Crippen molar-refractivity contribution in [1.29, 1.82) is 0 Å². The molecule has 196 valence electrons. The quantitative estimate of drug-likeness (QED) is 0.219. The number of benzene rings is 7. The molecule has 0 saturated carbocycles. The molecule has 2 heterocycles. The van der Waals surface area contributed by atoms with Gasteiger partial charge < -0.3 is 9.30 Å². The van der Waals surface area contributed by atoms with Crippen LogP contribution in [-0.4, -0.2) is 4.57 Å². The number of hydrogen-bond donors (Lipinski definition) is 0. The van der Waals surface area contributed by atoms with E-state index in [-0.39, 0.29) is 0 Å². The van der Waals surface area contributed by atoms with Gasteiger partial charge in [-0.25, -0.2) is 0 Å². The van der Waals surface area contributed by atoms with Crippen molar-refractivity contribution in [3.63, 3.8) is 0 Å². The topological polar surface area (TPSA) is 14.2 Å². The van der Waals surface area contributed by atoms with Gasteiger partial charge in [-0.05, 0) is 64.0 Å². The first-order valence-electron chi connectivity index (χ1n) is 14.4. The molecular formula is C40H25NO. The Morgan fingerprint density at radius 2 is 1.12 bits per heavy atom. The molecule has 0 radical (unpaired) electrons. The predicted octanol–water partition coefficient (Wildman–Crippen LogP) is 11.0. The zero-order chi connectivity index (χ0) is 27.6. The summed E-state index contributed by atoms with van der Waals surface area (Å²) in [6, 6.07) is 54.3. The lowest BCUT2D eigenvalue weighted by molar-refractivity contribution is 0.487. The minimum atomic E-state index is 0.897. The maximum Gasteiger partial charge on any atom is 0.135 e. The summed E-state index contributed by atoms with van der Waals surface area (Å²) < 4.78 is 8.82. The van der Waals surface area contributed by atoms with Crippen molar-refractivity contribution >= 4 is 32.6 Å². The van der Waals surface area contributed by atoms with Crippen molar-refractivity contribution < 1.29 is 4.74 Å². The zero-order valence-corrected chi connectivity index (χ0v) is 22.8. The summed E-state index contributed by atoms with van der Waals surface area (Å²) in [5.41, 5.74) is 10.7. The number of fused-ring (bicyclic) bond motifs is 5. The van der Waals surface area contributed by atoms with E-state index >= 15 is 0 Å². The van der Waals surface area contributed by atoms with E-state index in [1.165, 1.54) is 60.4 Å². The van der Waals surface area contributed by atoms with E-state index in [1.54, 1.807) is 0 Å². The Balaban J connectivity index is 1.30. The van der Waals surface area contributed by atoms with Crippen LogP contribution in [0.25, 0.3) is 71.6 Å². The van der Waals surface area contributed by atoms with Gasteiger partial charge in [0.15, 0.2) is 0 Å². The molecule has 0 atom stereocenters. The fraction of sp³-hybridized carbons (Fsp3) is 0. The number of hydrogen-bond acceptors (Lipinski definition) is 1. The van der Waals surface area contributed by atoms with Crippen LogP contribution in [0, 0.1) is 0 Å². The minimum absolute atomic E-state index is 0.897. The molecule has 0 amide bonds. The molecule has 8 aromatic rings. The van der Waals surface area contributed by atoms with E-state index in [0.717, 1.165) is 22.7 Å². The lowest BCUT2D eigenvalue weighted by Gasteiger charge is -2.22. The monoisotopic (exact) mass is 535 g/mol. The van der Waals surface area contributed by atoms with Gasteiger partial charge in [0.1, 0.15) is 11.5 Å². The van der Waals surface area contributed by atoms with Gasteiger partial charge >= 0.3 is 0 Å². The molecule has 0 spiro atoms. The highest BCUT2D eigenvalue weighted by Crippen LogP contribution is 2.48. The third-order valence-electron chi connectivity index (χ3n) is 8.59. The number of para-hydroxylation sites is 3. The summed E-state index contributed by atoms with van der Waals surface area (Å²) in [5.74, 6) is 1.82. The summed E-state index contributed by atoms with van der Waals surface area (Å²) in [6.07, 6.45) is 0. The molecule has 0 unspecified atom stereocenters. The van der Waals surface area contributed by atoms with E-state index in [9.17, 15) is 0 Å². The van der Waals surface area contributed by atoms with Gasteiger partial charge in [0.2, 0.25) is 0 Å². The Bertz CT molecular complexity index is 2320. The fourth-order valence-corrected chi connectivity index (χ4v) is 6.78. The van der Waals surface area contributed by atoms with Crippen LogP contribution < -0.4 is 4.74 Å². The average Bonchev–Trinajstić information content (AvgIpc) is 3.40. The van der Waals surface area contributed by atoms with E-state index in [2.05, 4.69) is 156 Å². The van der Waals surface area contributed by atoms with Gasteiger partial charge in [-0.3, -0.25) is 0 Å². The van der Waals surface area contributed by atoms with Crippen LogP contribution in [0.15, 0.2) is 152 Å². The molecule has 42 heavy (non-hydrogen) atoms. The summed E-state index contributed by atoms with van der Waals surface area (Å²) in [7, 11) is 0. The molecule has 1 aliphatic rings. The van der Waals surface area contributed by atoms with Crippen LogP contribution in [0.4, 0.5) is 0 Å². The molecule has 2 heteroatoms. The van der Waals surface area contributed by atoms with E-state index < -0.39 is 0 Å². The van der Waals surface area contributed by atoms with Crippen LogP contribution in [0.5, 0.6) is 11.5 Å². The molecule has 0 bridgehead atoms. The average molecular weight is 536 g/mol. The predicted molar refractivity (Wildman–Crippen MR) is 175 cm³/mol. The van der Waals surface area contributed by atoms with Crippen molar-refractivity contribution in [3.8, 4) is 50.6 Å². The number of rotatable bonds is 3. The van der Waals surface area contributed by atoms with E-state index in [0.29, 0.717) is 0 Å². The second-order valence-electron chi connectivity index (χ2n) is 10.9.